The monoisotopic (exact) mass is 172 g/mol. The molecule has 0 radical (unpaired) electrons. The molecule has 3 N–H and O–H groups in total. The summed E-state index contributed by atoms with van der Waals surface area (Å²) in [6.07, 6.45) is 2.57. The Morgan fingerprint density at radius 3 is 2.50 bits per heavy atom. The Morgan fingerprint density at radius 2 is 2.00 bits per heavy atom. The molecule has 0 spiro atoms. The average molecular weight is 172 g/mol. The molecule has 12 heavy (non-hydrogen) atoms. The summed E-state index contributed by atoms with van der Waals surface area (Å²) in [5.74, 6) is -0.624. The van der Waals surface area contributed by atoms with Gasteiger partial charge in [-0.25, -0.2) is 0 Å². The van der Waals surface area contributed by atoms with E-state index in [4.69, 9.17) is 10.8 Å². The molecule has 0 unspecified atom stereocenters. The molecule has 0 aromatic heterocycles. The van der Waals surface area contributed by atoms with Gasteiger partial charge in [0.25, 0.3) is 0 Å². The van der Waals surface area contributed by atoms with Crippen LogP contribution in [-0.4, -0.2) is 41.7 Å². The van der Waals surface area contributed by atoms with Crippen molar-refractivity contribution >= 4 is 5.91 Å². The maximum atomic E-state index is 10.5. The minimum atomic E-state index is -0.997. The van der Waals surface area contributed by atoms with Gasteiger partial charge in [-0.05, 0) is 25.9 Å². The van der Waals surface area contributed by atoms with E-state index < -0.39 is 12.0 Å². The van der Waals surface area contributed by atoms with Crippen molar-refractivity contribution in [3.05, 3.63) is 0 Å². The first-order valence-electron chi connectivity index (χ1n) is 4.40. The highest BCUT2D eigenvalue weighted by atomic mass is 16.3. The number of β-amino-alcohol motifs (C(OH)–C–C–N with tert-alkyl or cyclic N) is 1. The maximum Gasteiger partial charge on any atom is 0.247 e. The summed E-state index contributed by atoms with van der Waals surface area (Å²) < 4.78 is 0. The number of primary amides is 1. The molecule has 0 aliphatic carbocycles. The summed E-state index contributed by atoms with van der Waals surface area (Å²) in [5, 5.41) is 9.16. The zero-order valence-electron chi connectivity index (χ0n) is 7.20. The van der Waals surface area contributed by atoms with E-state index in [9.17, 15) is 4.79 Å². The third-order valence-electron chi connectivity index (χ3n) is 2.21. The maximum absolute atomic E-state index is 10.5. The molecule has 1 atom stereocenters. The van der Waals surface area contributed by atoms with E-state index in [0.717, 1.165) is 25.9 Å². The SMILES string of the molecule is NC(=O)[C@@H](O)CN1CCCCC1. The molecule has 0 saturated carbocycles. The fourth-order valence-electron chi connectivity index (χ4n) is 1.48. The summed E-state index contributed by atoms with van der Waals surface area (Å²) in [5.41, 5.74) is 4.94. The van der Waals surface area contributed by atoms with Gasteiger partial charge in [0.1, 0.15) is 6.10 Å². The number of carbonyl (C=O) groups is 1. The lowest BCUT2D eigenvalue weighted by atomic mass is 10.1. The number of aliphatic hydroxyl groups excluding tert-OH is 1. The molecule has 70 valence electrons. The van der Waals surface area contributed by atoms with Crippen LogP contribution in [0.25, 0.3) is 0 Å². The topological polar surface area (TPSA) is 66.6 Å². The van der Waals surface area contributed by atoms with E-state index in [0.29, 0.717) is 6.54 Å². The Bertz CT molecular complexity index is 155. The predicted molar refractivity (Wildman–Crippen MR) is 45.5 cm³/mol. The number of carbonyl (C=O) groups excluding carboxylic acids is 1. The Morgan fingerprint density at radius 1 is 1.42 bits per heavy atom. The molecule has 4 nitrogen and oxygen atoms in total. The zero-order chi connectivity index (χ0) is 8.97. The molecule has 4 heteroatoms. The van der Waals surface area contributed by atoms with Crippen molar-refractivity contribution in [2.75, 3.05) is 19.6 Å². The highest BCUT2D eigenvalue weighted by Gasteiger charge is 2.17. The van der Waals surface area contributed by atoms with Gasteiger partial charge in [0, 0.05) is 6.54 Å². The van der Waals surface area contributed by atoms with Crippen molar-refractivity contribution in [2.45, 2.75) is 25.4 Å². The van der Waals surface area contributed by atoms with E-state index in [1.165, 1.54) is 6.42 Å². The minimum absolute atomic E-state index is 0.398. The summed E-state index contributed by atoms with van der Waals surface area (Å²) in [6.45, 7) is 2.35. The number of nitrogens with zero attached hydrogens (tertiary/aromatic N) is 1. The van der Waals surface area contributed by atoms with E-state index >= 15 is 0 Å². The number of hydrogen-bond donors (Lipinski definition) is 2. The highest BCUT2D eigenvalue weighted by Crippen LogP contribution is 2.08. The molecule has 1 amide bonds. The van der Waals surface area contributed by atoms with Crippen molar-refractivity contribution < 1.29 is 9.90 Å². The van der Waals surface area contributed by atoms with Crippen molar-refractivity contribution in [3.63, 3.8) is 0 Å². The standard InChI is InChI=1S/C8H16N2O2/c9-8(12)7(11)6-10-4-2-1-3-5-10/h7,11H,1-6H2,(H2,9,12)/t7-/m0/s1. The Hall–Kier alpha value is -0.610. The number of hydrogen-bond acceptors (Lipinski definition) is 3. The van der Waals surface area contributed by atoms with E-state index in [1.807, 2.05) is 0 Å². The summed E-state index contributed by atoms with van der Waals surface area (Å²) in [7, 11) is 0. The fraction of sp³-hybridized carbons (Fsp3) is 0.875. The Kier molecular flexibility index (Phi) is 3.49. The molecule has 0 aromatic rings. The zero-order valence-corrected chi connectivity index (χ0v) is 7.20. The minimum Gasteiger partial charge on any atom is -0.382 e. The number of piperidine rings is 1. The van der Waals surface area contributed by atoms with Crippen LogP contribution in [0.5, 0.6) is 0 Å². The Labute approximate surface area is 72.3 Å². The largest absolute Gasteiger partial charge is 0.382 e. The summed E-state index contributed by atoms with van der Waals surface area (Å²) in [6, 6.07) is 0. The molecule has 0 bridgehead atoms. The number of likely N-dealkylation sites (tertiary alicyclic amines) is 1. The van der Waals surface area contributed by atoms with Gasteiger partial charge in [-0.2, -0.15) is 0 Å². The van der Waals surface area contributed by atoms with Gasteiger partial charge >= 0.3 is 0 Å². The van der Waals surface area contributed by atoms with Gasteiger partial charge in [-0.1, -0.05) is 6.42 Å². The fourth-order valence-corrected chi connectivity index (χ4v) is 1.48. The molecule has 1 aliphatic rings. The molecule has 1 fully saturated rings. The first kappa shape index (κ1) is 9.48. The Balaban J connectivity index is 2.24. The van der Waals surface area contributed by atoms with Gasteiger partial charge in [0.2, 0.25) is 5.91 Å². The molecule has 1 aliphatic heterocycles. The van der Waals surface area contributed by atoms with Crippen molar-refractivity contribution in [2.24, 2.45) is 5.73 Å². The van der Waals surface area contributed by atoms with Gasteiger partial charge in [-0.15, -0.1) is 0 Å². The molecular formula is C8H16N2O2. The van der Waals surface area contributed by atoms with Crippen molar-refractivity contribution in [3.8, 4) is 0 Å². The van der Waals surface area contributed by atoms with Crippen molar-refractivity contribution in [1.82, 2.24) is 4.90 Å². The van der Waals surface area contributed by atoms with Crippen LogP contribution in [0.2, 0.25) is 0 Å². The number of nitrogens with two attached hydrogens (primary N) is 1. The van der Waals surface area contributed by atoms with Gasteiger partial charge in [-0.3, -0.25) is 4.79 Å². The van der Waals surface area contributed by atoms with Crippen LogP contribution < -0.4 is 5.73 Å². The lowest BCUT2D eigenvalue weighted by Crippen LogP contribution is -2.42. The average Bonchev–Trinajstić information content (AvgIpc) is 2.06. The third kappa shape index (κ3) is 2.79. The number of rotatable bonds is 3. The first-order chi connectivity index (χ1) is 5.70. The number of amides is 1. The molecule has 1 heterocycles. The second kappa shape index (κ2) is 4.42. The third-order valence-corrected chi connectivity index (χ3v) is 2.21. The quantitative estimate of drug-likeness (QED) is 0.592. The highest BCUT2D eigenvalue weighted by molar-refractivity contribution is 5.78. The molecular weight excluding hydrogens is 156 g/mol. The van der Waals surface area contributed by atoms with E-state index in [2.05, 4.69) is 4.90 Å². The smallest absolute Gasteiger partial charge is 0.247 e. The lowest BCUT2D eigenvalue weighted by molar-refractivity contribution is -0.127. The second-order valence-corrected chi connectivity index (χ2v) is 3.28. The normalized spacial score (nSPS) is 22.1. The molecule has 1 rings (SSSR count). The van der Waals surface area contributed by atoms with Crippen LogP contribution in [0.1, 0.15) is 19.3 Å². The van der Waals surface area contributed by atoms with Crippen LogP contribution in [0.4, 0.5) is 0 Å². The molecule has 0 aromatic carbocycles. The second-order valence-electron chi connectivity index (χ2n) is 3.28. The van der Waals surface area contributed by atoms with Gasteiger partial charge in [0.15, 0.2) is 0 Å². The van der Waals surface area contributed by atoms with Gasteiger partial charge in [0.05, 0.1) is 0 Å². The van der Waals surface area contributed by atoms with Crippen LogP contribution >= 0.6 is 0 Å². The van der Waals surface area contributed by atoms with Crippen LogP contribution in [0.15, 0.2) is 0 Å². The summed E-state index contributed by atoms with van der Waals surface area (Å²) >= 11 is 0. The predicted octanol–water partition coefficient (Wildman–Crippen LogP) is -0.682. The molecule has 1 saturated heterocycles. The number of aliphatic hydroxyl groups is 1. The van der Waals surface area contributed by atoms with Gasteiger partial charge < -0.3 is 15.7 Å². The van der Waals surface area contributed by atoms with E-state index in [-0.39, 0.29) is 0 Å². The van der Waals surface area contributed by atoms with Crippen molar-refractivity contribution in [1.29, 1.82) is 0 Å². The first-order valence-corrected chi connectivity index (χ1v) is 4.40. The lowest BCUT2D eigenvalue weighted by Gasteiger charge is -2.27. The summed E-state index contributed by atoms with van der Waals surface area (Å²) in [4.78, 5) is 12.6. The van der Waals surface area contributed by atoms with Crippen LogP contribution in [-0.2, 0) is 4.79 Å². The van der Waals surface area contributed by atoms with Crippen LogP contribution in [0, 0.1) is 0 Å². The van der Waals surface area contributed by atoms with Crippen LogP contribution in [0.3, 0.4) is 0 Å². The van der Waals surface area contributed by atoms with E-state index in [1.54, 1.807) is 0 Å².